The first kappa shape index (κ1) is 12.5. The van der Waals surface area contributed by atoms with Crippen LogP contribution in [0.1, 0.15) is 24.5 Å². The van der Waals surface area contributed by atoms with Gasteiger partial charge in [-0.2, -0.15) is 11.8 Å². The molecule has 2 aliphatic heterocycles. The lowest BCUT2D eigenvalue weighted by Gasteiger charge is -2.24. The zero-order valence-corrected chi connectivity index (χ0v) is 11.8. The smallest absolute Gasteiger partial charge is 0.108 e. The van der Waals surface area contributed by atoms with Crippen LogP contribution in [0.4, 0.5) is 0 Å². The average molecular weight is 263 g/mol. The summed E-state index contributed by atoms with van der Waals surface area (Å²) in [5.41, 5.74) is 2.84. The molecule has 0 aliphatic carbocycles. The summed E-state index contributed by atoms with van der Waals surface area (Å²) in [7, 11) is 0. The lowest BCUT2D eigenvalue weighted by Crippen LogP contribution is -2.31. The zero-order valence-electron chi connectivity index (χ0n) is 11.0. The van der Waals surface area contributed by atoms with Gasteiger partial charge < -0.3 is 4.74 Å². The molecule has 2 aliphatic rings. The summed E-state index contributed by atoms with van der Waals surface area (Å²) in [6.07, 6.45) is 1.15. The van der Waals surface area contributed by atoms with Crippen molar-refractivity contribution >= 4 is 11.8 Å². The van der Waals surface area contributed by atoms with Crippen LogP contribution in [0.3, 0.4) is 0 Å². The Labute approximate surface area is 114 Å². The minimum atomic E-state index is 0.00742. The Hall–Kier alpha value is -0.510. The summed E-state index contributed by atoms with van der Waals surface area (Å²) >= 11 is 2.03. The van der Waals surface area contributed by atoms with Gasteiger partial charge in [-0.25, -0.2) is 0 Å². The van der Waals surface area contributed by atoms with E-state index < -0.39 is 0 Å². The average Bonchev–Trinajstić information content (AvgIpc) is 2.97. The van der Waals surface area contributed by atoms with Crippen LogP contribution < -0.4 is 0 Å². The van der Waals surface area contributed by atoms with Crippen molar-refractivity contribution in [2.75, 3.05) is 31.1 Å². The van der Waals surface area contributed by atoms with Gasteiger partial charge in [-0.3, -0.25) is 4.90 Å². The number of nitrogens with zero attached hydrogens (tertiary/aromatic N) is 1. The Balaban J connectivity index is 1.68. The van der Waals surface area contributed by atoms with E-state index in [-0.39, 0.29) is 5.60 Å². The van der Waals surface area contributed by atoms with Gasteiger partial charge in [-0.05, 0) is 23.3 Å². The summed E-state index contributed by atoms with van der Waals surface area (Å²) in [4.78, 5) is 2.56. The van der Waals surface area contributed by atoms with E-state index in [1.54, 1.807) is 0 Å². The van der Waals surface area contributed by atoms with Gasteiger partial charge in [0.2, 0.25) is 0 Å². The van der Waals surface area contributed by atoms with Crippen LogP contribution >= 0.6 is 11.8 Å². The first-order chi connectivity index (χ1) is 8.84. The summed E-state index contributed by atoms with van der Waals surface area (Å²) in [6.45, 7) is 6.48. The number of hydrogen-bond donors (Lipinski definition) is 0. The molecule has 2 nitrogen and oxygen atoms in total. The van der Waals surface area contributed by atoms with Gasteiger partial charge in [-0.15, -0.1) is 0 Å². The monoisotopic (exact) mass is 263 g/mol. The molecule has 0 amide bonds. The lowest BCUT2D eigenvalue weighted by molar-refractivity contribution is -0.0291. The van der Waals surface area contributed by atoms with E-state index in [4.69, 9.17) is 4.74 Å². The van der Waals surface area contributed by atoms with Gasteiger partial charge >= 0.3 is 0 Å². The number of hydrogen-bond acceptors (Lipinski definition) is 3. The molecule has 0 saturated carbocycles. The zero-order chi connectivity index (χ0) is 12.4. The van der Waals surface area contributed by atoms with E-state index in [9.17, 15) is 0 Å². The second kappa shape index (κ2) is 5.24. The van der Waals surface area contributed by atoms with E-state index in [0.29, 0.717) is 0 Å². The van der Waals surface area contributed by atoms with Crippen LogP contribution in [0.15, 0.2) is 24.3 Å². The Morgan fingerprint density at radius 3 is 3.17 bits per heavy atom. The van der Waals surface area contributed by atoms with Crippen molar-refractivity contribution in [1.82, 2.24) is 4.90 Å². The fraction of sp³-hybridized carbons (Fsp3) is 0.600. The highest BCUT2D eigenvalue weighted by molar-refractivity contribution is 7.99. The van der Waals surface area contributed by atoms with Crippen molar-refractivity contribution < 1.29 is 4.74 Å². The van der Waals surface area contributed by atoms with E-state index in [0.717, 1.165) is 19.6 Å². The van der Waals surface area contributed by atoms with Gasteiger partial charge in [-0.1, -0.05) is 31.2 Å². The number of fused-ring (bicyclic) bond motifs is 2. The normalized spacial score (nSPS) is 26.9. The number of benzene rings is 1. The molecule has 18 heavy (non-hydrogen) atoms. The molecule has 3 rings (SSSR count). The maximum atomic E-state index is 6.16. The number of likely N-dealkylation sites (tertiary alicyclic amines) is 1. The molecule has 1 aromatic rings. The van der Waals surface area contributed by atoms with Crippen LogP contribution in [-0.2, 0) is 16.9 Å². The van der Waals surface area contributed by atoms with Crippen molar-refractivity contribution in [3.05, 3.63) is 35.4 Å². The van der Waals surface area contributed by atoms with Crippen LogP contribution in [0, 0.1) is 0 Å². The topological polar surface area (TPSA) is 12.5 Å². The van der Waals surface area contributed by atoms with E-state index >= 15 is 0 Å². The number of ether oxygens (including phenoxy) is 1. The third-order valence-electron chi connectivity index (χ3n) is 4.08. The van der Waals surface area contributed by atoms with Crippen molar-refractivity contribution in [1.29, 1.82) is 0 Å². The minimum absolute atomic E-state index is 0.00742. The maximum absolute atomic E-state index is 6.16. The molecule has 1 saturated heterocycles. The van der Waals surface area contributed by atoms with Crippen molar-refractivity contribution in [3.63, 3.8) is 0 Å². The molecule has 1 unspecified atom stereocenters. The molecule has 1 spiro atoms. The largest absolute Gasteiger partial charge is 0.364 e. The van der Waals surface area contributed by atoms with Crippen LogP contribution in [0.5, 0.6) is 0 Å². The van der Waals surface area contributed by atoms with Crippen LogP contribution in [0.2, 0.25) is 0 Å². The van der Waals surface area contributed by atoms with Crippen molar-refractivity contribution in [3.8, 4) is 0 Å². The van der Waals surface area contributed by atoms with E-state index in [1.165, 1.54) is 35.7 Å². The Morgan fingerprint density at radius 1 is 1.39 bits per heavy atom. The predicted molar refractivity (Wildman–Crippen MR) is 77.0 cm³/mol. The second-order valence-corrected chi connectivity index (χ2v) is 6.56. The van der Waals surface area contributed by atoms with Gasteiger partial charge in [0.05, 0.1) is 6.61 Å². The Morgan fingerprint density at radius 2 is 2.28 bits per heavy atom. The maximum Gasteiger partial charge on any atom is 0.108 e. The fourth-order valence-corrected chi connectivity index (χ4v) is 3.78. The Kier molecular flexibility index (Phi) is 3.64. The number of thioether (sulfide) groups is 1. The molecule has 0 bridgehead atoms. The highest BCUT2D eigenvalue weighted by Crippen LogP contribution is 2.43. The van der Waals surface area contributed by atoms with Gasteiger partial charge in [0, 0.05) is 25.4 Å². The molecular weight excluding hydrogens is 242 g/mol. The van der Waals surface area contributed by atoms with Crippen LogP contribution in [-0.4, -0.2) is 36.0 Å². The standard InChI is InChI=1S/C15H21NOS/c1-2-18-10-9-16-8-7-15(12-16)14-6-4-3-5-13(14)11-17-15/h3-6H,2,7-12H2,1H3. The second-order valence-electron chi connectivity index (χ2n) is 5.16. The number of rotatable bonds is 4. The lowest BCUT2D eigenvalue weighted by atomic mass is 9.92. The molecule has 3 heteroatoms. The molecule has 2 heterocycles. The fourth-order valence-electron chi connectivity index (χ4n) is 3.11. The predicted octanol–water partition coefficient (Wildman–Crippen LogP) is 2.87. The third-order valence-corrected chi connectivity index (χ3v) is 4.96. The van der Waals surface area contributed by atoms with Crippen molar-refractivity contribution in [2.45, 2.75) is 25.6 Å². The SMILES string of the molecule is CCSCCN1CCC2(C1)OCc1ccccc12. The van der Waals surface area contributed by atoms with E-state index in [2.05, 4.69) is 36.1 Å². The molecule has 98 valence electrons. The molecule has 0 N–H and O–H groups in total. The van der Waals surface area contributed by atoms with Gasteiger partial charge in [0.25, 0.3) is 0 Å². The highest BCUT2D eigenvalue weighted by Gasteiger charge is 2.44. The summed E-state index contributed by atoms with van der Waals surface area (Å²) < 4.78 is 6.16. The molecule has 1 fully saturated rings. The first-order valence-corrected chi connectivity index (χ1v) is 8.02. The summed E-state index contributed by atoms with van der Waals surface area (Å²) in [5, 5.41) is 0. The third kappa shape index (κ3) is 2.20. The van der Waals surface area contributed by atoms with Crippen LogP contribution in [0.25, 0.3) is 0 Å². The molecule has 1 atom stereocenters. The van der Waals surface area contributed by atoms with Crippen molar-refractivity contribution in [2.24, 2.45) is 0 Å². The minimum Gasteiger partial charge on any atom is -0.364 e. The van der Waals surface area contributed by atoms with Gasteiger partial charge in [0.1, 0.15) is 5.60 Å². The Bertz CT molecular complexity index is 423. The molecule has 0 aromatic heterocycles. The van der Waals surface area contributed by atoms with E-state index in [1.807, 2.05) is 11.8 Å². The van der Waals surface area contributed by atoms with Gasteiger partial charge in [0.15, 0.2) is 0 Å². The molecule has 1 aromatic carbocycles. The summed E-state index contributed by atoms with van der Waals surface area (Å²) in [6, 6.07) is 8.73. The molecule has 0 radical (unpaired) electrons. The first-order valence-electron chi connectivity index (χ1n) is 6.86. The highest BCUT2D eigenvalue weighted by atomic mass is 32.2. The summed E-state index contributed by atoms with van der Waals surface area (Å²) in [5.74, 6) is 2.46. The quantitative estimate of drug-likeness (QED) is 0.775. The molecular formula is C15H21NOS.